The average Bonchev–Trinajstić information content (AvgIpc) is 3.19. The van der Waals surface area contributed by atoms with Crippen LogP contribution in [0.1, 0.15) is 27.5 Å². The molecule has 2 aromatic heterocycles. The summed E-state index contributed by atoms with van der Waals surface area (Å²) in [4.78, 5) is 17.0. The number of ether oxygens (including phenoxy) is 1. The summed E-state index contributed by atoms with van der Waals surface area (Å²) in [6, 6.07) is 4.30. The first-order valence-corrected chi connectivity index (χ1v) is 10.0. The Kier molecular flexibility index (Phi) is 6.61. The molecule has 3 rings (SSSR count). The molecule has 0 aliphatic rings. The zero-order valence-corrected chi connectivity index (χ0v) is 18.0. The molecule has 1 N–H and O–H groups in total. The third kappa shape index (κ3) is 4.70. The SMILES string of the molecule is C=CCC(F)(F)c1nnc(NC(=O)c2cnc(C)cc2-c2c(OC)ccc(Cl)c2F)s1. The molecule has 0 radical (unpaired) electrons. The first-order chi connectivity index (χ1) is 14.7. The monoisotopic (exact) mass is 468 g/mol. The maximum Gasteiger partial charge on any atom is 0.304 e. The molecule has 3 aromatic rings. The summed E-state index contributed by atoms with van der Waals surface area (Å²) >= 11 is 6.45. The molecule has 0 bridgehead atoms. The second-order valence-corrected chi connectivity index (χ2v) is 7.76. The van der Waals surface area contributed by atoms with E-state index in [9.17, 15) is 18.0 Å². The molecule has 1 amide bonds. The van der Waals surface area contributed by atoms with Crippen LogP contribution in [0.4, 0.5) is 18.3 Å². The van der Waals surface area contributed by atoms with Gasteiger partial charge in [0.2, 0.25) is 5.13 Å². The van der Waals surface area contributed by atoms with Crippen LogP contribution in [0, 0.1) is 12.7 Å². The highest BCUT2D eigenvalue weighted by molar-refractivity contribution is 7.15. The van der Waals surface area contributed by atoms with Gasteiger partial charge in [-0.25, -0.2) is 4.39 Å². The lowest BCUT2D eigenvalue weighted by molar-refractivity contribution is -0.00170. The molecule has 11 heteroatoms. The number of nitrogens with one attached hydrogen (secondary N) is 1. The number of amides is 1. The maximum atomic E-state index is 14.9. The zero-order valence-electron chi connectivity index (χ0n) is 16.4. The molecule has 0 saturated heterocycles. The van der Waals surface area contributed by atoms with Gasteiger partial charge in [-0.05, 0) is 25.1 Å². The van der Waals surface area contributed by atoms with Crippen molar-refractivity contribution in [1.82, 2.24) is 15.2 Å². The fraction of sp³-hybridized carbons (Fsp3) is 0.200. The molecular formula is C20H16ClF3N4O2S. The number of allylic oxidation sites excluding steroid dienone is 1. The summed E-state index contributed by atoms with van der Waals surface area (Å²) in [6.07, 6.45) is 1.69. The van der Waals surface area contributed by atoms with Crippen molar-refractivity contribution in [2.45, 2.75) is 19.3 Å². The fourth-order valence-electron chi connectivity index (χ4n) is 2.76. The van der Waals surface area contributed by atoms with Gasteiger partial charge in [-0.1, -0.05) is 29.0 Å². The van der Waals surface area contributed by atoms with Crippen molar-refractivity contribution in [3.8, 4) is 16.9 Å². The number of nitrogens with zero attached hydrogens (tertiary/aromatic N) is 3. The van der Waals surface area contributed by atoms with E-state index in [0.717, 1.165) is 6.08 Å². The van der Waals surface area contributed by atoms with Gasteiger partial charge < -0.3 is 4.74 Å². The van der Waals surface area contributed by atoms with Gasteiger partial charge in [-0.15, -0.1) is 16.8 Å². The van der Waals surface area contributed by atoms with Gasteiger partial charge in [0.25, 0.3) is 5.91 Å². The minimum absolute atomic E-state index is 0.0267. The van der Waals surface area contributed by atoms with E-state index in [1.54, 1.807) is 6.92 Å². The van der Waals surface area contributed by atoms with Gasteiger partial charge >= 0.3 is 5.92 Å². The van der Waals surface area contributed by atoms with Crippen molar-refractivity contribution in [2.75, 3.05) is 12.4 Å². The Bertz CT molecular complexity index is 1150. The first-order valence-electron chi connectivity index (χ1n) is 8.81. The Labute approximate surface area is 184 Å². The van der Waals surface area contributed by atoms with Crippen LogP contribution in [0.25, 0.3) is 11.1 Å². The van der Waals surface area contributed by atoms with E-state index in [0.29, 0.717) is 17.0 Å². The van der Waals surface area contributed by atoms with Crippen molar-refractivity contribution in [1.29, 1.82) is 0 Å². The van der Waals surface area contributed by atoms with Crippen LogP contribution in [0.5, 0.6) is 5.75 Å². The number of carbonyl (C=O) groups is 1. The van der Waals surface area contributed by atoms with Gasteiger partial charge in [0.05, 0.1) is 23.3 Å². The van der Waals surface area contributed by atoms with E-state index in [1.165, 1.54) is 31.5 Å². The van der Waals surface area contributed by atoms with E-state index < -0.39 is 29.1 Å². The number of hydrogen-bond donors (Lipinski definition) is 1. The van der Waals surface area contributed by atoms with Gasteiger partial charge in [-0.3, -0.25) is 15.1 Å². The van der Waals surface area contributed by atoms with E-state index >= 15 is 0 Å². The van der Waals surface area contributed by atoms with Crippen LogP contribution in [0.2, 0.25) is 5.02 Å². The van der Waals surface area contributed by atoms with Crippen LogP contribution in [-0.2, 0) is 5.92 Å². The number of halogens is 4. The minimum Gasteiger partial charge on any atom is -0.496 e. The molecule has 31 heavy (non-hydrogen) atoms. The van der Waals surface area contributed by atoms with Crippen LogP contribution in [0.15, 0.2) is 37.1 Å². The number of rotatable bonds is 7. The largest absolute Gasteiger partial charge is 0.496 e. The number of alkyl halides is 2. The van der Waals surface area contributed by atoms with Crippen LogP contribution < -0.4 is 10.1 Å². The van der Waals surface area contributed by atoms with Gasteiger partial charge in [0.1, 0.15) is 5.75 Å². The number of aryl methyl sites for hydroxylation is 1. The Morgan fingerprint density at radius 3 is 2.81 bits per heavy atom. The van der Waals surface area contributed by atoms with E-state index in [-0.39, 0.29) is 32.6 Å². The molecule has 1 aromatic carbocycles. The lowest BCUT2D eigenvalue weighted by Gasteiger charge is -2.14. The third-order valence-corrected chi connectivity index (χ3v) is 5.43. The smallest absolute Gasteiger partial charge is 0.304 e. The predicted molar refractivity (Wildman–Crippen MR) is 113 cm³/mol. The Balaban J connectivity index is 2.01. The lowest BCUT2D eigenvalue weighted by atomic mass is 9.98. The number of anilines is 1. The molecule has 0 saturated carbocycles. The Morgan fingerprint density at radius 1 is 1.39 bits per heavy atom. The number of hydrogen-bond acceptors (Lipinski definition) is 6. The standard InChI is InChI=1S/C20H16ClF3N4O2S/c1-4-7-20(23,24)18-27-28-19(31-18)26-17(29)12-9-25-10(2)8-11(12)15-14(30-3)6-5-13(21)16(15)22/h4-6,8-9H,1,7H2,2-3H3,(H,26,28,29). The summed E-state index contributed by atoms with van der Waals surface area (Å²) in [7, 11) is 1.35. The van der Waals surface area contributed by atoms with E-state index in [2.05, 4.69) is 27.1 Å². The number of carbonyl (C=O) groups excluding carboxylic acids is 1. The van der Waals surface area contributed by atoms with Crippen molar-refractivity contribution in [2.24, 2.45) is 0 Å². The highest BCUT2D eigenvalue weighted by Crippen LogP contribution is 2.39. The van der Waals surface area contributed by atoms with E-state index in [1.807, 2.05) is 0 Å². The highest BCUT2D eigenvalue weighted by atomic mass is 35.5. The number of pyridine rings is 1. The molecule has 162 valence electrons. The van der Waals surface area contributed by atoms with Crippen molar-refractivity contribution in [3.63, 3.8) is 0 Å². The number of aromatic nitrogens is 3. The molecule has 6 nitrogen and oxygen atoms in total. The third-order valence-electron chi connectivity index (χ3n) is 4.19. The molecule has 0 unspecified atom stereocenters. The Hall–Kier alpha value is -2.98. The summed E-state index contributed by atoms with van der Waals surface area (Å²) in [6.45, 7) is 4.95. The molecule has 0 spiro atoms. The van der Waals surface area contributed by atoms with Crippen LogP contribution >= 0.6 is 22.9 Å². The van der Waals surface area contributed by atoms with Crippen molar-refractivity contribution in [3.05, 3.63) is 64.2 Å². The normalized spacial score (nSPS) is 11.3. The second kappa shape index (κ2) is 9.03. The molecule has 0 atom stereocenters. The van der Waals surface area contributed by atoms with Gasteiger partial charge in [0.15, 0.2) is 10.8 Å². The van der Waals surface area contributed by atoms with Crippen molar-refractivity contribution < 1.29 is 22.7 Å². The number of benzene rings is 1. The molecular weight excluding hydrogens is 453 g/mol. The molecule has 0 aliphatic carbocycles. The predicted octanol–water partition coefficient (Wildman–Crippen LogP) is 5.63. The summed E-state index contributed by atoms with van der Waals surface area (Å²) < 4.78 is 48.0. The Morgan fingerprint density at radius 2 is 2.13 bits per heavy atom. The molecule has 2 heterocycles. The number of methoxy groups -OCH3 is 1. The zero-order chi connectivity index (χ0) is 22.8. The molecule has 0 aliphatic heterocycles. The lowest BCUT2D eigenvalue weighted by Crippen LogP contribution is -2.14. The quantitative estimate of drug-likeness (QED) is 0.455. The summed E-state index contributed by atoms with van der Waals surface area (Å²) in [5.74, 6) is -4.61. The fourth-order valence-corrected chi connectivity index (χ4v) is 3.64. The first kappa shape index (κ1) is 22.7. The average molecular weight is 469 g/mol. The van der Waals surface area contributed by atoms with Gasteiger partial charge in [0, 0.05) is 23.9 Å². The maximum absolute atomic E-state index is 14.9. The minimum atomic E-state index is -3.25. The summed E-state index contributed by atoms with van der Waals surface area (Å²) in [5, 5.41) is 8.58. The van der Waals surface area contributed by atoms with Crippen LogP contribution in [0.3, 0.4) is 0 Å². The van der Waals surface area contributed by atoms with Crippen molar-refractivity contribution >= 4 is 34.0 Å². The molecule has 0 fully saturated rings. The van der Waals surface area contributed by atoms with Gasteiger partial charge in [-0.2, -0.15) is 8.78 Å². The highest BCUT2D eigenvalue weighted by Gasteiger charge is 2.35. The topological polar surface area (TPSA) is 77.0 Å². The van der Waals surface area contributed by atoms with E-state index in [4.69, 9.17) is 16.3 Å². The summed E-state index contributed by atoms with van der Waals surface area (Å²) in [5.41, 5.74) is 0.625. The van der Waals surface area contributed by atoms with Crippen LogP contribution in [-0.4, -0.2) is 28.2 Å². The second-order valence-electron chi connectivity index (χ2n) is 6.37.